The molecule has 0 radical (unpaired) electrons. The van der Waals surface area contributed by atoms with Gasteiger partial charge in [-0.3, -0.25) is 4.57 Å². The van der Waals surface area contributed by atoms with E-state index in [1.54, 1.807) is 0 Å². The van der Waals surface area contributed by atoms with Gasteiger partial charge in [0.1, 0.15) is 11.3 Å². The first-order valence-electron chi connectivity index (χ1n) is 7.50. The third-order valence-electron chi connectivity index (χ3n) is 4.13. The third kappa shape index (κ3) is 2.32. The average molecular weight is 278 g/mol. The minimum Gasteiger partial charge on any atom is -0.316 e. The van der Waals surface area contributed by atoms with Crippen LogP contribution in [0.5, 0.6) is 0 Å². The van der Waals surface area contributed by atoms with E-state index in [2.05, 4.69) is 39.1 Å². The van der Waals surface area contributed by atoms with E-state index < -0.39 is 0 Å². The second kappa shape index (κ2) is 5.30. The van der Waals surface area contributed by atoms with Crippen LogP contribution in [0.4, 0.5) is 0 Å². The summed E-state index contributed by atoms with van der Waals surface area (Å²) < 4.78 is 2.20. The SMILES string of the molecule is c1ccc(-n2c(CC3CCNC3)nc3cccnc32)cc1. The Morgan fingerprint density at radius 2 is 2.05 bits per heavy atom. The molecule has 0 spiro atoms. The van der Waals surface area contributed by atoms with Gasteiger partial charge >= 0.3 is 0 Å². The lowest BCUT2D eigenvalue weighted by Gasteiger charge is -2.11. The van der Waals surface area contributed by atoms with E-state index in [0.717, 1.165) is 42.2 Å². The van der Waals surface area contributed by atoms with Gasteiger partial charge in [-0.1, -0.05) is 18.2 Å². The summed E-state index contributed by atoms with van der Waals surface area (Å²) >= 11 is 0. The van der Waals surface area contributed by atoms with Gasteiger partial charge in [0.15, 0.2) is 5.65 Å². The Hall–Kier alpha value is -2.20. The van der Waals surface area contributed by atoms with Gasteiger partial charge in [-0.05, 0) is 49.7 Å². The number of rotatable bonds is 3. The summed E-state index contributed by atoms with van der Waals surface area (Å²) in [7, 11) is 0. The molecule has 106 valence electrons. The molecule has 1 N–H and O–H groups in total. The molecule has 2 aromatic heterocycles. The lowest BCUT2D eigenvalue weighted by molar-refractivity contribution is 0.558. The number of hydrogen-bond acceptors (Lipinski definition) is 3. The van der Waals surface area contributed by atoms with Crippen LogP contribution in [0.3, 0.4) is 0 Å². The molecule has 21 heavy (non-hydrogen) atoms. The minimum atomic E-state index is 0.671. The van der Waals surface area contributed by atoms with E-state index in [0.29, 0.717) is 5.92 Å². The van der Waals surface area contributed by atoms with Gasteiger partial charge in [-0.2, -0.15) is 0 Å². The summed E-state index contributed by atoms with van der Waals surface area (Å²) in [5.74, 6) is 1.79. The topological polar surface area (TPSA) is 42.7 Å². The molecule has 0 amide bonds. The van der Waals surface area contributed by atoms with E-state index in [9.17, 15) is 0 Å². The first-order chi connectivity index (χ1) is 10.4. The second-order valence-electron chi connectivity index (χ2n) is 5.61. The molecular formula is C17H18N4. The standard InChI is InChI=1S/C17H18N4/c1-2-5-14(6-3-1)21-16(11-13-8-10-18-12-13)20-15-7-4-9-19-17(15)21/h1-7,9,13,18H,8,10-12H2. The fourth-order valence-electron chi connectivity index (χ4n) is 3.09. The number of pyridine rings is 1. The first-order valence-corrected chi connectivity index (χ1v) is 7.50. The predicted molar refractivity (Wildman–Crippen MR) is 83.5 cm³/mol. The Balaban J connectivity index is 1.84. The fraction of sp³-hybridized carbons (Fsp3) is 0.294. The number of nitrogens with zero attached hydrogens (tertiary/aromatic N) is 3. The molecular weight excluding hydrogens is 260 g/mol. The van der Waals surface area contributed by atoms with Crippen LogP contribution in [0, 0.1) is 5.92 Å². The molecule has 1 saturated heterocycles. The van der Waals surface area contributed by atoms with Crippen molar-refractivity contribution in [3.63, 3.8) is 0 Å². The number of para-hydroxylation sites is 1. The summed E-state index contributed by atoms with van der Waals surface area (Å²) in [5, 5.41) is 3.43. The van der Waals surface area contributed by atoms with Gasteiger partial charge in [0.25, 0.3) is 0 Å². The van der Waals surface area contributed by atoms with Gasteiger partial charge in [0.05, 0.1) is 0 Å². The van der Waals surface area contributed by atoms with Crippen LogP contribution in [-0.4, -0.2) is 27.6 Å². The molecule has 1 atom stereocenters. The van der Waals surface area contributed by atoms with Crippen molar-refractivity contribution in [3.05, 3.63) is 54.5 Å². The molecule has 1 unspecified atom stereocenters. The van der Waals surface area contributed by atoms with Crippen LogP contribution in [-0.2, 0) is 6.42 Å². The van der Waals surface area contributed by atoms with Crippen LogP contribution in [0.15, 0.2) is 48.7 Å². The highest BCUT2D eigenvalue weighted by Crippen LogP contribution is 2.23. The van der Waals surface area contributed by atoms with Crippen molar-refractivity contribution in [1.82, 2.24) is 19.9 Å². The zero-order valence-electron chi connectivity index (χ0n) is 11.9. The largest absolute Gasteiger partial charge is 0.316 e. The third-order valence-corrected chi connectivity index (χ3v) is 4.13. The molecule has 4 rings (SSSR count). The monoisotopic (exact) mass is 278 g/mol. The number of benzene rings is 1. The smallest absolute Gasteiger partial charge is 0.164 e. The van der Waals surface area contributed by atoms with Crippen LogP contribution in [0.1, 0.15) is 12.2 Å². The van der Waals surface area contributed by atoms with Crippen molar-refractivity contribution in [1.29, 1.82) is 0 Å². The van der Waals surface area contributed by atoms with Crippen LogP contribution in [0.25, 0.3) is 16.9 Å². The van der Waals surface area contributed by atoms with E-state index in [4.69, 9.17) is 4.98 Å². The van der Waals surface area contributed by atoms with Crippen molar-refractivity contribution in [2.24, 2.45) is 5.92 Å². The molecule has 3 aromatic rings. The Labute approximate surface area is 123 Å². The molecule has 4 heteroatoms. The van der Waals surface area contributed by atoms with Gasteiger partial charge < -0.3 is 5.32 Å². The molecule has 4 nitrogen and oxygen atoms in total. The van der Waals surface area contributed by atoms with E-state index in [1.807, 2.05) is 24.4 Å². The summed E-state index contributed by atoms with van der Waals surface area (Å²) in [6, 6.07) is 14.4. The highest BCUT2D eigenvalue weighted by molar-refractivity contribution is 5.73. The van der Waals surface area contributed by atoms with Crippen molar-refractivity contribution in [2.75, 3.05) is 13.1 Å². The average Bonchev–Trinajstić information content (AvgIpc) is 3.15. The number of aromatic nitrogens is 3. The maximum atomic E-state index is 4.83. The minimum absolute atomic E-state index is 0.671. The van der Waals surface area contributed by atoms with E-state index in [1.165, 1.54) is 6.42 Å². The lowest BCUT2D eigenvalue weighted by atomic mass is 10.0. The molecule has 0 saturated carbocycles. The molecule has 1 fully saturated rings. The van der Waals surface area contributed by atoms with E-state index >= 15 is 0 Å². The van der Waals surface area contributed by atoms with Crippen LogP contribution in [0.2, 0.25) is 0 Å². The molecule has 1 aromatic carbocycles. The van der Waals surface area contributed by atoms with Crippen molar-refractivity contribution < 1.29 is 0 Å². The summed E-state index contributed by atoms with van der Waals surface area (Å²) in [4.78, 5) is 9.36. The summed E-state index contributed by atoms with van der Waals surface area (Å²) in [6.45, 7) is 2.21. The highest BCUT2D eigenvalue weighted by atomic mass is 15.1. The summed E-state index contributed by atoms with van der Waals surface area (Å²) in [5.41, 5.74) is 3.06. The molecule has 3 heterocycles. The Bertz CT molecular complexity index is 742. The van der Waals surface area contributed by atoms with Crippen molar-refractivity contribution in [2.45, 2.75) is 12.8 Å². The van der Waals surface area contributed by atoms with Gasteiger partial charge in [-0.25, -0.2) is 9.97 Å². The van der Waals surface area contributed by atoms with Crippen molar-refractivity contribution in [3.8, 4) is 5.69 Å². The lowest BCUT2D eigenvalue weighted by Crippen LogP contribution is -2.13. The van der Waals surface area contributed by atoms with Crippen LogP contribution < -0.4 is 5.32 Å². The molecule has 0 aliphatic carbocycles. The summed E-state index contributed by atoms with van der Waals surface area (Å²) in [6.07, 6.45) is 4.06. The maximum Gasteiger partial charge on any atom is 0.164 e. The fourth-order valence-corrected chi connectivity index (χ4v) is 3.09. The number of imidazole rings is 1. The number of fused-ring (bicyclic) bond motifs is 1. The van der Waals surface area contributed by atoms with Crippen LogP contribution >= 0.6 is 0 Å². The molecule has 1 aliphatic heterocycles. The Kier molecular flexibility index (Phi) is 3.16. The Morgan fingerprint density at radius 1 is 1.14 bits per heavy atom. The maximum absolute atomic E-state index is 4.83. The number of nitrogens with one attached hydrogen (secondary N) is 1. The predicted octanol–water partition coefficient (Wildman–Crippen LogP) is 2.57. The second-order valence-corrected chi connectivity index (χ2v) is 5.61. The van der Waals surface area contributed by atoms with Gasteiger partial charge in [-0.15, -0.1) is 0 Å². The molecule has 0 bridgehead atoms. The van der Waals surface area contributed by atoms with E-state index in [-0.39, 0.29) is 0 Å². The number of hydrogen-bond donors (Lipinski definition) is 1. The molecule has 1 aliphatic rings. The quantitative estimate of drug-likeness (QED) is 0.800. The van der Waals surface area contributed by atoms with Gasteiger partial charge in [0.2, 0.25) is 0 Å². The highest BCUT2D eigenvalue weighted by Gasteiger charge is 2.20. The van der Waals surface area contributed by atoms with Crippen molar-refractivity contribution >= 4 is 11.2 Å². The zero-order valence-corrected chi connectivity index (χ0v) is 11.9. The van der Waals surface area contributed by atoms with Gasteiger partial charge in [0, 0.05) is 18.3 Å². The normalized spacial score (nSPS) is 18.4. The Morgan fingerprint density at radius 3 is 2.86 bits per heavy atom. The zero-order chi connectivity index (χ0) is 14.1. The first kappa shape index (κ1) is 12.5.